The average molecular weight is 269 g/mol. The molecule has 1 aromatic carbocycles. The molecule has 2 aromatic rings. The Balaban J connectivity index is 1.90. The Morgan fingerprint density at radius 1 is 1.45 bits per heavy atom. The van der Waals surface area contributed by atoms with Crippen molar-refractivity contribution in [1.29, 1.82) is 0 Å². The van der Waals surface area contributed by atoms with Gasteiger partial charge >= 0.3 is 0 Å². The third-order valence-corrected chi connectivity index (χ3v) is 3.38. The number of nitrogens with zero attached hydrogens (tertiary/aromatic N) is 2. The van der Waals surface area contributed by atoms with E-state index < -0.39 is 6.04 Å². The minimum atomic E-state index is -0.406. The molecule has 0 fully saturated rings. The number of hydrogen-bond donors (Lipinski definition) is 1. The SMILES string of the molecule is C#CCC(N)c1nc(C2CCOc3ccccc32)no1. The van der Waals surface area contributed by atoms with Gasteiger partial charge in [-0.25, -0.2) is 0 Å². The number of fused-ring (bicyclic) bond motifs is 1. The highest BCUT2D eigenvalue weighted by molar-refractivity contribution is 5.40. The number of aromatic nitrogens is 2. The van der Waals surface area contributed by atoms with Crippen molar-refractivity contribution in [3.05, 3.63) is 41.5 Å². The van der Waals surface area contributed by atoms with Crippen LogP contribution >= 0.6 is 0 Å². The van der Waals surface area contributed by atoms with E-state index in [4.69, 9.17) is 21.4 Å². The summed E-state index contributed by atoms with van der Waals surface area (Å²) in [4.78, 5) is 4.40. The second kappa shape index (κ2) is 5.35. The third kappa shape index (κ3) is 2.26. The first kappa shape index (κ1) is 12.7. The Kier molecular flexibility index (Phi) is 3.40. The quantitative estimate of drug-likeness (QED) is 0.863. The fourth-order valence-corrected chi connectivity index (χ4v) is 2.36. The molecule has 20 heavy (non-hydrogen) atoms. The number of terminal acetylenes is 1. The lowest BCUT2D eigenvalue weighted by Crippen LogP contribution is -2.16. The van der Waals surface area contributed by atoms with Crippen LogP contribution in [0.5, 0.6) is 5.75 Å². The highest BCUT2D eigenvalue weighted by Crippen LogP contribution is 2.36. The molecule has 1 aliphatic heterocycles. The normalized spacial score (nSPS) is 18.7. The van der Waals surface area contributed by atoms with Crippen molar-refractivity contribution in [3.63, 3.8) is 0 Å². The number of rotatable bonds is 3. The van der Waals surface area contributed by atoms with E-state index in [1.165, 1.54) is 0 Å². The topological polar surface area (TPSA) is 74.2 Å². The van der Waals surface area contributed by atoms with Crippen molar-refractivity contribution < 1.29 is 9.26 Å². The van der Waals surface area contributed by atoms with Crippen LogP contribution in [0.4, 0.5) is 0 Å². The summed E-state index contributed by atoms with van der Waals surface area (Å²) in [5, 5.41) is 4.05. The minimum absolute atomic E-state index is 0.0792. The van der Waals surface area contributed by atoms with Crippen LogP contribution in [0, 0.1) is 12.3 Å². The fraction of sp³-hybridized carbons (Fsp3) is 0.333. The third-order valence-electron chi connectivity index (χ3n) is 3.38. The maximum atomic E-state index is 5.88. The van der Waals surface area contributed by atoms with Gasteiger partial charge in [0.15, 0.2) is 5.82 Å². The first-order valence-electron chi connectivity index (χ1n) is 6.54. The molecule has 0 bridgehead atoms. The summed E-state index contributed by atoms with van der Waals surface area (Å²) in [6, 6.07) is 7.50. The predicted octanol–water partition coefficient (Wildman–Crippen LogP) is 2.01. The van der Waals surface area contributed by atoms with Crippen LogP contribution in [-0.4, -0.2) is 16.7 Å². The van der Waals surface area contributed by atoms with Gasteiger partial charge in [0, 0.05) is 12.0 Å². The number of para-hydroxylation sites is 1. The summed E-state index contributed by atoms with van der Waals surface area (Å²) in [5.41, 5.74) is 6.96. The second-order valence-electron chi connectivity index (χ2n) is 4.73. The molecule has 3 rings (SSSR count). The van der Waals surface area contributed by atoms with Gasteiger partial charge in [-0.2, -0.15) is 4.98 Å². The first-order chi connectivity index (χ1) is 9.79. The maximum absolute atomic E-state index is 5.88. The molecule has 102 valence electrons. The van der Waals surface area contributed by atoms with Gasteiger partial charge in [-0.1, -0.05) is 23.4 Å². The lowest BCUT2D eigenvalue weighted by Gasteiger charge is -2.23. The molecule has 0 saturated heterocycles. The Bertz CT molecular complexity index is 645. The summed E-state index contributed by atoms with van der Waals surface area (Å²) in [6.45, 7) is 0.641. The van der Waals surface area contributed by atoms with Gasteiger partial charge in [0.1, 0.15) is 5.75 Å². The lowest BCUT2D eigenvalue weighted by molar-refractivity contribution is 0.272. The molecular formula is C15H15N3O2. The molecule has 2 heterocycles. The zero-order valence-electron chi connectivity index (χ0n) is 11.0. The van der Waals surface area contributed by atoms with Gasteiger partial charge in [-0.15, -0.1) is 12.3 Å². The summed E-state index contributed by atoms with van der Waals surface area (Å²) < 4.78 is 10.9. The van der Waals surface area contributed by atoms with Crippen molar-refractivity contribution in [1.82, 2.24) is 10.1 Å². The van der Waals surface area contributed by atoms with Gasteiger partial charge in [0.2, 0.25) is 5.89 Å². The highest BCUT2D eigenvalue weighted by atomic mass is 16.5. The number of nitrogens with two attached hydrogens (primary N) is 1. The molecule has 0 spiro atoms. The molecular weight excluding hydrogens is 254 g/mol. The molecule has 0 radical (unpaired) electrons. The first-order valence-corrected chi connectivity index (χ1v) is 6.54. The predicted molar refractivity (Wildman–Crippen MR) is 73.1 cm³/mol. The molecule has 0 aliphatic carbocycles. The van der Waals surface area contributed by atoms with E-state index in [0.29, 0.717) is 24.7 Å². The van der Waals surface area contributed by atoms with Crippen LogP contribution in [0.25, 0.3) is 0 Å². The number of ether oxygens (including phenoxy) is 1. The monoisotopic (exact) mass is 269 g/mol. The van der Waals surface area contributed by atoms with Gasteiger partial charge in [0.05, 0.1) is 18.6 Å². The van der Waals surface area contributed by atoms with Crippen LogP contribution in [0.1, 0.15) is 42.1 Å². The fourth-order valence-electron chi connectivity index (χ4n) is 2.36. The largest absolute Gasteiger partial charge is 0.493 e. The standard InChI is InChI=1S/C15H15N3O2/c1-2-5-12(16)15-17-14(18-20-15)11-8-9-19-13-7-4-3-6-10(11)13/h1,3-4,6-7,11-12H,5,8-9,16H2. The average Bonchev–Trinajstić information content (AvgIpc) is 2.97. The van der Waals surface area contributed by atoms with Crippen LogP contribution in [0.2, 0.25) is 0 Å². The van der Waals surface area contributed by atoms with E-state index in [2.05, 4.69) is 16.1 Å². The second-order valence-corrected chi connectivity index (χ2v) is 4.73. The van der Waals surface area contributed by atoms with E-state index in [1.54, 1.807) is 0 Å². The van der Waals surface area contributed by atoms with Gasteiger partial charge in [0.25, 0.3) is 0 Å². The molecule has 1 aliphatic rings. The molecule has 2 unspecified atom stereocenters. The van der Waals surface area contributed by atoms with Gasteiger partial charge in [-0.05, 0) is 12.5 Å². The van der Waals surface area contributed by atoms with Crippen molar-refractivity contribution in [2.75, 3.05) is 6.61 Å². The zero-order valence-corrected chi connectivity index (χ0v) is 11.0. The smallest absolute Gasteiger partial charge is 0.244 e. The Morgan fingerprint density at radius 2 is 2.30 bits per heavy atom. The molecule has 0 saturated carbocycles. The van der Waals surface area contributed by atoms with E-state index in [9.17, 15) is 0 Å². The van der Waals surface area contributed by atoms with Crippen LogP contribution in [0.3, 0.4) is 0 Å². The molecule has 1 aromatic heterocycles. The maximum Gasteiger partial charge on any atom is 0.244 e. The molecule has 2 N–H and O–H groups in total. The van der Waals surface area contributed by atoms with Crippen molar-refractivity contribution in [3.8, 4) is 18.1 Å². The molecule has 5 nitrogen and oxygen atoms in total. The number of hydrogen-bond acceptors (Lipinski definition) is 5. The van der Waals surface area contributed by atoms with Crippen LogP contribution < -0.4 is 10.5 Å². The Morgan fingerprint density at radius 3 is 3.15 bits per heavy atom. The van der Waals surface area contributed by atoms with E-state index in [1.807, 2.05) is 24.3 Å². The van der Waals surface area contributed by atoms with E-state index in [-0.39, 0.29) is 5.92 Å². The lowest BCUT2D eigenvalue weighted by atomic mass is 9.92. The number of benzene rings is 1. The van der Waals surface area contributed by atoms with Gasteiger partial charge in [-0.3, -0.25) is 0 Å². The van der Waals surface area contributed by atoms with E-state index in [0.717, 1.165) is 17.7 Å². The molecule has 0 amide bonds. The molecule has 2 atom stereocenters. The summed E-state index contributed by atoms with van der Waals surface area (Å²) in [5.74, 6) is 4.49. The van der Waals surface area contributed by atoms with Crippen molar-refractivity contribution >= 4 is 0 Å². The van der Waals surface area contributed by atoms with Crippen LogP contribution in [0.15, 0.2) is 28.8 Å². The summed E-state index contributed by atoms with van der Waals surface area (Å²) in [7, 11) is 0. The van der Waals surface area contributed by atoms with Gasteiger partial charge < -0.3 is 15.0 Å². The van der Waals surface area contributed by atoms with Crippen molar-refractivity contribution in [2.45, 2.75) is 24.8 Å². The highest BCUT2D eigenvalue weighted by Gasteiger charge is 2.27. The van der Waals surface area contributed by atoms with Crippen molar-refractivity contribution in [2.24, 2.45) is 5.73 Å². The minimum Gasteiger partial charge on any atom is -0.493 e. The Hall–Kier alpha value is -2.32. The summed E-state index contributed by atoms with van der Waals surface area (Å²) >= 11 is 0. The van der Waals surface area contributed by atoms with E-state index >= 15 is 0 Å². The Labute approximate surface area is 117 Å². The van der Waals surface area contributed by atoms with Crippen LogP contribution in [-0.2, 0) is 0 Å². The molecule has 5 heteroatoms. The zero-order chi connectivity index (χ0) is 13.9. The summed E-state index contributed by atoms with van der Waals surface area (Å²) in [6.07, 6.45) is 6.44.